The van der Waals surface area contributed by atoms with Gasteiger partial charge in [-0.2, -0.15) is 13.2 Å². The maximum absolute atomic E-state index is 12.9. The van der Waals surface area contributed by atoms with Gasteiger partial charge in [0.1, 0.15) is 0 Å². The number of hydrogen-bond acceptors (Lipinski definition) is 6. The topological polar surface area (TPSA) is 75.6 Å². The number of likely N-dealkylation sites (tertiary alicyclic amines) is 1. The van der Waals surface area contributed by atoms with Gasteiger partial charge in [-0.3, -0.25) is 4.79 Å². The number of aromatic nitrogens is 2. The van der Waals surface area contributed by atoms with Crippen molar-refractivity contribution in [1.82, 2.24) is 14.9 Å². The summed E-state index contributed by atoms with van der Waals surface area (Å²) < 4.78 is 43.7. The van der Waals surface area contributed by atoms with Gasteiger partial charge in [-0.1, -0.05) is 6.07 Å². The molecule has 2 aliphatic heterocycles. The van der Waals surface area contributed by atoms with Crippen molar-refractivity contribution in [3.05, 3.63) is 53.3 Å². The lowest BCUT2D eigenvalue weighted by molar-refractivity contribution is -0.137. The van der Waals surface area contributed by atoms with Gasteiger partial charge in [0.2, 0.25) is 5.95 Å². The number of carbonyl (C=O) groups is 2. The molecule has 2 bridgehead atoms. The van der Waals surface area contributed by atoms with Gasteiger partial charge in [-0.25, -0.2) is 14.8 Å². The van der Waals surface area contributed by atoms with E-state index in [1.54, 1.807) is 11.8 Å². The molecule has 10 heteroatoms. The molecule has 2 unspecified atom stereocenters. The first-order chi connectivity index (χ1) is 14.3. The Morgan fingerprint density at radius 3 is 2.47 bits per heavy atom. The van der Waals surface area contributed by atoms with Crippen molar-refractivity contribution < 1.29 is 27.5 Å². The number of nitrogens with zero attached hydrogens (tertiary/aromatic N) is 4. The Morgan fingerprint density at radius 1 is 1.13 bits per heavy atom. The minimum absolute atomic E-state index is 0.0268. The molecule has 158 valence electrons. The van der Waals surface area contributed by atoms with E-state index in [0.717, 1.165) is 12.1 Å². The molecule has 2 fully saturated rings. The summed E-state index contributed by atoms with van der Waals surface area (Å²) in [5, 5.41) is 0. The highest BCUT2D eigenvalue weighted by Crippen LogP contribution is 2.35. The molecule has 0 radical (unpaired) electrons. The minimum Gasteiger partial charge on any atom is -0.462 e. The fraction of sp³-hybridized carbons (Fsp3) is 0.400. The van der Waals surface area contributed by atoms with Gasteiger partial charge in [0.15, 0.2) is 0 Å². The number of fused-ring (bicyclic) bond motifs is 2. The second-order valence-electron chi connectivity index (χ2n) is 7.22. The Hall–Kier alpha value is -3.17. The number of benzene rings is 1. The SMILES string of the molecule is CCOC(=O)c1cnc(N2CC3CC2CN3C(=O)c2cccc(C(F)(F)F)c2)nc1. The van der Waals surface area contributed by atoms with Crippen molar-refractivity contribution >= 4 is 17.8 Å². The van der Waals surface area contributed by atoms with Gasteiger partial charge in [0.25, 0.3) is 5.91 Å². The zero-order valence-electron chi connectivity index (χ0n) is 16.1. The maximum atomic E-state index is 12.9. The molecule has 7 nitrogen and oxygen atoms in total. The van der Waals surface area contributed by atoms with Gasteiger partial charge < -0.3 is 14.5 Å². The van der Waals surface area contributed by atoms with Crippen LogP contribution in [0.4, 0.5) is 19.1 Å². The van der Waals surface area contributed by atoms with Gasteiger partial charge in [-0.05, 0) is 31.5 Å². The second kappa shape index (κ2) is 7.58. The molecule has 1 amide bonds. The summed E-state index contributed by atoms with van der Waals surface area (Å²) in [6.45, 7) is 2.82. The zero-order chi connectivity index (χ0) is 21.5. The standard InChI is InChI=1S/C20H19F3N4O3/c1-2-30-18(29)13-8-24-19(25-9-13)27-11-15-7-16(27)10-26(15)17(28)12-4-3-5-14(6-12)20(21,22)23/h3-6,8-9,15-16H,2,7,10-11H2,1H3. The third-order valence-electron chi connectivity index (χ3n) is 5.34. The predicted octanol–water partition coefficient (Wildman–Crippen LogP) is 2.78. The van der Waals surface area contributed by atoms with Crippen molar-refractivity contribution in [2.24, 2.45) is 0 Å². The Kier molecular flexibility index (Phi) is 5.08. The van der Waals surface area contributed by atoms with Crippen LogP contribution in [0.25, 0.3) is 0 Å². The highest BCUT2D eigenvalue weighted by Gasteiger charge is 2.46. The molecule has 2 aromatic rings. The lowest BCUT2D eigenvalue weighted by Gasteiger charge is -2.34. The molecule has 1 aromatic heterocycles. The number of carbonyl (C=O) groups excluding carboxylic acids is 2. The van der Waals surface area contributed by atoms with Crippen LogP contribution in [0.1, 0.15) is 39.6 Å². The van der Waals surface area contributed by atoms with E-state index in [2.05, 4.69) is 9.97 Å². The zero-order valence-corrected chi connectivity index (χ0v) is 16.1. The van der Waals surface area contributed by atoms with Crippen LogP contribution in [-0.4, -0.2) is 58.5 Å². The lowest BCUT2D eigenvalue weighted by Crippen LogP contribution is -2.49. The molecule has 0 saturated carbocycles. The number of esters is 1. The molecule has 30 heavy (non-hydrogen) atoms. The summed E-state index contributed by atoms with van der Waals surface area (Å²) >= 11 is 0. The Balaban J connectivity index is 1.45. The van der Waals surface area contributed by atoms with E-state index in [1.165, 1.54) is 24.5 Å². The minimum atomic E-state index is -4.50. The van der Waals surface area contributed by atoms with Crippen LogP contribution in [0.2, 0.25) is 0 Å². The number of ether oxygens (including phenoxy) is 1. The fourth-order valence-corrected chi connectivity index (χ4v) is 3.94. The summed E-state index contributed by atoms with van der Waals surface area (Å²) in [6.07, 6.45) is -1.01. The highest BCUT2D eigenvalue weighted by molar-refractivity contribution is 5.95. The van der Waals surface area contributed by atoms with Crippen LogP contribution in [-0.2, 0) is 10.9 Å². The third-order valence-corrected chi connectivity index (χ3v) is 5.34. The monoisotopic (exact) mass is 420 g/mol. The molecule has 4 rings (SSSR count). The molecule has 2 aliphatic rings. The number of amides is 1. The number of piperazine rings is 1. The second-order valence-corrected chi connectivity index (χ2v) is 7.22. The van der Waals surface area contributed by atoms with Gasteiger partial charge in [-0.15, -0.1) is 0 Å². The van der Waals surface area contributed by atoms with Crippen LogP contribution in [0.15, 0.2) is 36.7 Å². The molecule has 1 aromatic carbocycles. The Bertz CT molecular complexity index is 965. The average molecular weight is 420 g/mol. The number of alkyl halides is 3. The average Bonchev–Trinajstić information content (AvgIpc) is 3.34. The number of hydrogen-bond donors (Lipinski definition) is 0. The molecule has 3 heterocycles. The van der Waals surface area contributed by atoms with E-state index in [9.17, 15) is 22.8 Å². The molecule has 0 spiro atoms. The lowest BCUT2D eigenvalue weighted by atomic mass is 10.1. The molecule has 2 atom stereocenters. The molecular weight excluding hydrogens is 401 g/mol. The summed E-state index contributed by atoms with van der Waals surface area (Å²) in [5.41, 5.74) is -0.556. The normalized spacial score (nSPS) is 20.5. The summed E-state index contributed by atoms with van der Waals surface area (Å²) in [4.78, 5) is 36.5. The van der Waals surface area contributed by atoms with Gasteiger partial charge in [0.05, 0.1) is 29.8 Å². The molecule has 0 aliphatic carbocycles. The molecule has 2 saturated heterocycles. The van der Waals surface area contributed by atoms with Crippen molar-refractivity contribution in [3.8, 4) is 0 Å². The summed E-state index contributed by atoms with van der Waals surface area (Å²) in [5.74, 6) is -0.460. The Labute approximate surface area is 170 Å². The first-order valence-electron chi connectivity index (χ1n) is 9.52. The third kappa shape index (κ3) is 3.69. The Morgan fingerprint density at radius 2 is 1.87 bits per heavy atom. The first-order valence-corrected chi connectivity index (χ1v) is 9.52. The molecule has 0 N–H and O–H groups in total. The van der Waals surface area contributed by atoms with E-state index in [1.807, 2.05) is 4.90 Å². The van der Waals surface area contributed by atoms with Crippen molar-refractivity contribution in [3.63, 3.8) is 0 Å². The number of rotatable bonds is 4. The fourth-order valence-electron chi connectivity index (χ4n) is 3.94. The van der Waals surface area contributed by atoms with Crippen LogP contribution >= 0.6 is 0 Å². The van der Waals surface area contributed by atoms with Crippen LogP contribution < -0.4 is 4.90 Å². The number of anilines is 1. The smallest absolute Gasteiger partial charge is 0.416 e. The van der Waals surface area contributed by atoms with E-state index >= 15 is 0 Å². The van der Waals surface area contributed by atoms with E-state index in [-0.39, 0.29) is 29.8 Å². The van der Waals surface area contributed by atoms with Crippen LogP contribution in [0.3, 0.4) is 0 Å². The van der Waals surface area contributed by atoms with E-state index in [0.29, 0.717) is 25.5 Å². The predicted molar refractivity (Wildman–Crippen MR) is 100 cm³/mol. The quantitative estimate of drug-likeness (QED) is 0.708. The van der Waals surface area contributed by atoms with E-state index < -0.39 is 23.6 Å². The maximum Gasteiger partial charge on any atom is 0.416 e. The first kappa shape index (κ1) is 20.1. The van der Waals surface area contributed by atoms with Crippen LogP contribution in [0, 0.1) is 0 Å². The van der Waals surface area contributed by atoms with E-state index in [4.69, 9.17) is 4.74 Å². The van der Waals surface area contributed by atoms with Crippen molar-refractivity contribution in [2.75, 3.05) is 24.6 Å². The van der Waals surface area contributed by atoms with Crippen molar-refractivity contribution in [2.45, 2.75) is 31.6 Å². The van der Waals surface area contributed by atoms with Crippen LogP contribution in [0.5, 0.6) is 0 Å². The van der Waals surface area contributed by atoms with Gasteiger partial charge >= 0.3 is 12.1 Å². The largest absolute Gasteiger partial charge is 0.462 e. The van der Waals surface area contributed by atoms with Crippen molar-refractivity contribution in [1.29, 1.82) is 0 Å². The molecular formula is C20H19F3N4O3. The summed E-state index contributed by atoms with van der Waals surface area (Å²) in [7, 11) is 0. The highest BCUT2D eigenvalue weighted by atomic mass is 19.4. The van der Waals surface area contributed by atoms with Gasteiger partial charge in [0, 0.05) is 31.0 Å². The number of halogens is 3. The summed E-state index contributed by atoms with van der Waals surface area (Å²) in [6, 6.07) is 4.33.